The van der Waals surface area contributed by atoms with Gasteiger partial charge in [-0.2, -0.15) is 0 Å². The molecule has 2 aromatic rings. The fourth-order valence-corrected chi connectivity index (χ4v) is 4.84. The summed E-state index contributed by atoms with van der Waals surface area (Å²) >= 11 is 1.48. The molecular weight excluding hydrogens is 370 g/mol. The van der Waals surface area contributed by atoms with E-state index in [1.165, 1.54) is 22.6 Å². The van der Waals surface area contributed by atoms with Gasteiger partial charge in [0.25, 0.3) is 5.91 Å². The van der Waals surface area contributed by atoms with Gasteiger partial charge in [0.05, 0.1) is 4.88 Å². The van der Waals surface area contributed by atoms with Gasteiger partial charge >= 0.3 is 0 Å². The number of nitrogens with zero attached hydrogens (tertiary/aromatic N) is 3. The van der Waals surface area contributed by atoms with Crippen LogP contribution in [0, 0.1) is 12.8 Å². The number of benzene rings is 1. The monoisotopic (exact) mass is 397 g/mol. The first-order valence-electron chi connectivity index (χ1n) is 10.0. The van der Waals surface area contributed by atoms with E-state index in [0.29, 0.717) is 13.1 Å². The number of piperidine rings is 1. The number of piperazine rings is 1. The van der Waals surface area contributed by atoms with Gasteiger partial charge < -0.3 is 14.7 Å². The van der Waals surface area contributed by atoms with Gasteiger partial charge in [-0.25, -0.2) is 0 Å². The Morgan fingerprint density at radius 1 is 0.929 bits per heavy atom. The van der Waals surface area contributed by atoms with Crippen molar-refractivity contribution in [2.45, 2.75) is 19.8 Å². The molecule has 2 fully saturated rings. The van der Waals surface area contributed by atoms with Gasteiger partial charge in [-0.1, -0.05) is 18.2 Å². The first-order chi connectivity index (χ1) is 13.6. The summed E-state index contributed by atoms with van der Waals surface area (Å²) in [5.41, 5.74) is 2.51. The van der Waals surface area contributed by atoms with Crippen LogP contribution in [0.2, 0.25) is 0 Å². The first kappa shape index (κ1) is 19.0. The van der Waals surface area contributed by atoms with Crippen LogP contribution >= 0.6 is 11.3 Å². The van der Waals surface area contributed by atoms with E-state index in [0.717, 1.165) is 43.9 Å². The molecule has 0 unspecified atom stereocenters. The van der Waals surface area contributed by atoms with Crippen LogP contribution in [0.3, 0.4) is 0 Å². The molecule has 28 heavy (non-hydrogen) atoms. The lowest BCUT2D eigenvalue weighted by Crippen LogP contribution is -2.52. The number of rotatable bonds is 3. The highest BCUT2D eigenvalue weighted by molar-refractivity contribution is 7.12. The fraction of sp³-hybridized carbons (Fsp3) is 0.455. The van der Waals surface area contributed by atoms with Crippen LogP contribution in [0.4, 0.5) is 5.69 Å². The largest absolute Gasteiger partial charge is 0.368 e. The number of anilines is 1. The number of carbonyl (C=O) groups excluding carboxylic acids is 2. The standard InChI is InChI=1S/C22H27N3O2S/c1-17-4-2-5-19(16-17)23-11-13-25(14-12-23)21(26)18-7-9-24(10-8-18)22(27)20-6-3-15-28-20/h2-6,15-16,18H,7-14H2,1H3. The molecule has 0 atom stereocenters. The van der Waals surface area contributed by atoms with Crippen molar-refractivity contribution in [2.24, 2.45) is 5.92 Å². The fourth-order valence-electron chi connectivity index (χ4n) is 4.15. The van der Waals surface area contributed by atoms with Crippen molar-refractivity contribution in [3.05, 3.63) is 52.2 Å². The van der Waals surface area contributed by atoms with Crippen LogP contribution in [0.15, 0.2) is 41.8 Å². The maximum atomic E-state index is 13.0. The van der Waals surface area contributed by atoms with Crippen molar-refractivity contribution in [1.82, 2.24) is 9.80 Å². The molecule has 6 heteroatoms. The first-order valence-corrected chi connectivity index (χ1v) is 10.9. The van der Waals surface area contributed by atoms with E-state index in [2.05, 4.69) is 36.1 Å². The molecule has 0 spiro atoms. The number of amides is 2. The maximum absolute atomic E-state index is 13.0. The summed E-state index contributed by atoms with van der Waals surface area (Å²) in [5.74, 6) is 0.428. The molecule has 2 aliphatic heterocycles. The van der Waals surface area contributed by atoms with Crippen molar-refractivity contribution in [1.29, 1.82) is 0 Å². The van der Waals surface area contributed by atoms with Gasteiger partial charge in [-0.05, 0) is 48.9 Å². The predicted molar refractivity (Wildman–Crippen MR) is 113 cm³/mol. The third-order valence-corrected chi connectivity index (χ3v) is 6.68. The lowest BCUT2D eigenvalue weighted by atomic mass is 9.94. The molecule has 0 radical (unpaired) electrons. The van der Waals surface area contributed by atoms with Crippen LogP contribution in [0.5, 0.6) is 0 Å². The van der Waals surface area contributed by atoms with Crippen LogP contribution in [0.25, 0.3) is 0 Å². The molecule has 0 saturated carbocycles. The molecule has 5 nitrogen and oxygen atoms in total. The summed E-state index contributed by atoms with van der Waals surface area (Å²) in [4.78, 5) is 32.5. The highest BCUT2D eigenvalue weighted by Gasteiger charge is 2.32. The number of thiophene rings is 1. The van der Waals surface area contributed by atoms with E-state index in [9.17, 15) is 9.59 Å². The smallest absolute Gasteiger partial charge is 0.263 e. The molecule has 3 heterocycles. The molecule has 2 aliphatic rings. The molecule has 2 amide bonds. The summed E-state index contributed by atoms with van der Waals surface area (Å²) in [6, 6.07) is 12.3. The Morgan fingerprint density at radius 3 is 2.32 bits per heavy atom. The normalized spacial score (nSPS) is 18.4. The second kappa shape index (κ2) is 8.35. The van der Waals surface area contributed by atoms with Gasteiger partial charge in [0.2, 0.25) is 5.91 Å². The molecule has 148 valence electrons. The van der Waals surface area contributed by atoms with E-state index in [4.69, 9.17) is 0 Å². The second-order valence-electron chi connectivity index (χ2n) is 7.70. The molecule has 1 aromatic heterocycles. The highest BCUT2D eigenvalue weighted by atomic mass is 32.1. The lowest BCUT2D eigenvalue weighted by Gasteiger charge is -2.39. The molecule has 4 rings (SSSR count). The minimum Gasteiger partial charge on any atom is -0.368 e. The average molecular weight is 398 g/mol. The predicted octanol–water partition coefficient (Wildman–Crippen LogP) is 3.26. The highest BCUT2D eigenvalue weighted by Crippen LogP contribution is 2.24. The van der Waals surface area contributed by atoms with Crippen molar-refractivity contribution in [3.63, 3.8) is 0 Å². The Morgan fingerprint density at radius 2 is 1.68 bits per heavy atom. The number of carbonyl (C=O) groups is 2. The third kappa shape index (κ3) is 4.07. The zero-order valence-corrected chi connectivity index (χ0v) is 17.2. The van der Waals surface area contributed by atoms with E-state index < -0.39 is 0 Å². The van der Waals surface area contributed by atoms with E-state index >= 15 is 0 Å². The van der Waals surface area contributed by atoms with Gasteiger partial charge in [-0.15, -0.1) is 11.3 Å². The van der Waals surface area contributed by atoms with E-state index in [1.54, 1.807) is 0 Å². The quantitative estimate of drug-likeness (QED) is 0.799. The van der Waals surface area contributed by atoms with Gasteiger partial charge in [-0.3, -0.25) is 9.59 Å². The second-order valence-corrected chi connectivity index (χ2v) is 8.64. The van der Waals surface area contributed by atoms with Gasteiger partial charge in [0, 0.05) is 50.9 Å². The van der Waals surface area contributed by atoms with Crippen molar-refractivity contribution < 1.29 is 9.59 Å². The van der Waals surface area contributed by atoms with Crippen LogP contribution in [0.1, 0.15) is 28.1 Å². The van der Waals surface area contributed by atoms with E-state index in [1.807, 2.05) is 27.3 Å². The zero-order valence-electron chi connectivity index (χ0n) is 16.3. The van der Waals surface area contributed by atoms with Crippen LogP contribution < -0.4 is 4.90 Å². The average Bonchev–Trinajstić information content (AvgIpc) is 3.28. The summed E-state index contributed by atoms with van der Waals surface area (Å²) < 4.78 is 0. The van der Waals surface area contributed by atoms with Crippen molar-refractivity contribution >= 4 is 28.8 Å². The SMILES string of the molecule is Cc1cccc(N2CCN(C(=O)C3CCN(C(=O)c4cccs4)CC3)CC2)c1. The number of aryl methyl sites for hydroxylation is 1. The molecule has 0 aliphatic carbocycles. The molecule has 0 bridgehead atoms. The Balaban J connectivity index is 1.27. The summed E-state index contributed by atoms with van der Waals surface area (Å²) in [6.07, 6.45) is 1.54. The maximum Gasteiger partial charge on any atom is 0.263 e. The molecular formula is C22H27N3O2S. The zero-order chi connectivity index (χ0) is 19.5. The number of hydrogen-bond donors (Lipinski definition) is 0. The van der Waals surface area contributed by atoms with E-state index in [-0.39, 0.29) is 17.7 Å². The molecule has 1 aromatic carbocycles. The van der Waals surface area contributed by atoms with Gasteiger partial charge in [0.1, 0.15) is 0 Å². The Labute approximate surface area is 170 Å². The summed E-state index contributed by atoms with van der Waals surface area (Å²) in [5, 5.41) is 1.93. The topological polar surface area (TPSA) is 43.9 Å². The molecule has 0 N–H and O–H groups in total. The van der Waals surface area contributed by atoms with Crippen molar-refractivity contribution in [3.8, 4) is 0 Å². The Hall–Kier alpha value is -2.34. The number of likely N-dealkylation sites (tertiary alicyclic amines) is 1. The Bertz CT molecular complexity index is 820. The van der Waals surface area contributed by atoms with Crippen LogP contribution in [-0.4, -0.2) is 60.9 Å². The van der Waals surface area contributed by atoms with Gasteiger partial charge in [0.15, 0.2) is 0 Å². The molecule has 2 saturated heterocycles. The minimum absolute atomic E-state index is 0.0536. The lowest BCUT2D eigenvalue weighted by molar-refractivity contribution is -0.137. The summed E-state index contributed by atoms with van der Waals surface area (Å²) in [6.45, 7) is 6.78. The minimum atomic E-state index is 0.0536. The van der Waals surface area contributed by atoms with Crippen molar-refractivity contribution in [2.75, 3.05) is 44.2 Å². The van der Waals surface area contributed by atoms with Crippen LogP contribution in [-0.2, 0) is 4.79 Å². The third-order valence-electron chi connectivity index (χ3n) is 5.82. The summed E-state index contributed by atoms with van der Waals surface area (Å²) in [7, 11) is 0. The number of hydrogen-bond acceptors (Lipinski definition) is 4. The Kier molecular flexibility index (Phi) is 5.67.